The van der Waals surface area contributed by atoms with Crippen LogP contribution < -0.4 is 5.32 Å². The summed E-state index contributed by atoms with van der Waals surface area (Å²) in [7, 11) is 0. The van der Waals surface area contributed by atoms with Crippen LogP contribution in [0.15, 0.2) is 24.3 Å². The molecule has 84 valence electrons. The molecule has 0 amide bonds. The third-order valence-corrected chi connectivity index (χ3v) is 2.41. The van der Waals surface area contributed by atoms with Crippen LogP contribution in [-0.2, 0) is 11.3 Å². The molecule has 2 N–H and O–H groups in total. The van der Waals surface area contributed by atoms with Gasteiger partial charge in [0.05, 0.1) is 13.2 Å². The standard InChI is InChI=1S/C12H18ClNO/c1-2-15-8-4-7-14-10-11-5-3-6-12(13)9-11/h3,5-6,9,14H,2,4,7-8,10H2,1H3/p+1. The monoisotopic (exact) mass is 228 g/mol. The van der Waals surface area contributed by atoms with Crippen molar-refractivity contribution in [2.45, 2.75) is 19.9 Å². The van der Waals surface area contributed by atoms with E-state index in [0.29, 0.717) is 0 Å². The maximum absolute atomic E-state index is 5.89. The van der Waals surface area contributed by atoms with Crippen LogP contribution in [0.3, 0.4) is 0 Å². The predicted molar refractivity (Wildman–Crippen MR) is 63.1 cm³/mol. The Morgan fingerprint density at radius 2 is 2.27 bits per heavy atom. The van der Waals surface area contributed by atoms with Crippen molar-refractivity contribution in [1.82, 2.24) is 0 Å². The molecule has 0 aliphatic heterocycles. The lowest BCUT2D eigenvalue weighted by atomic mass is 10.2. The van der Waals surface area contributed by atoms with Gasteiger partial charge in [-0.15, -0.1) is 0 Å². The third kappa shape index (κ3) is 5.78. The van der Waals surface area contributed by atoms with E-state index in [2.05, 4.69) is 11.4 Å². The van der Waals surface area contributed by atoms with Crippen LogP contribution in [0.4, 0.5) is 0 Å². The molecule has 0 aliphatic rings. The van der Waals surface area contributed by atoms with E-state index in [1.807, 2.05) is 25.1 Å². The van der Waals surface area contributed by atoms with Crippen LogP contribution in [0.1, 0.15) is 18.9 Å². The maximum atomic E-state index is 5.89. The van der Waals surface area contributed by atoms with Gasteiger partial charge in [-0.3, -0.25) is 0 Å². The van der Waals surface area contributed by atoms with Gasteiger partial charge in [-0.25, -0.2) is 0 Å². The van der Waals surface area contributed by atoms with Gasteiger partial charge in [0.25, 0.3) is 0 Å². The van der Waals surface area contributed by atoms with E-state index in [1.54, 1.807) is 0 Å². The molecular formula is C12H19ClNO+. The minimum Gasteiger partial charge on any atom is -0.382 e. The van der Waals surface area contributed by atoms with Gasteiger partial charge < -0.3 is 10.1 Å². The molecule has 0 aliphatic carbocycles. The number of benzene rings is 1. The van der Waals surface area contributed by atoms with Gasteiger partial charge in [0, 0.05) is 23.6 Å². The first-order valence-corrected chi connectivity index (χ1v) is 5.84. The Bertz CT molecular complexity index is 278. The van der Waals surface area contributed by atoms with E-state index < -0.39 is 0 Å². The zero-order valence-corrected chi connectivity index (χ0v) is 9.96. The van der Waals surface area contributed by atoms with Gasteiger partial charge in [0.1, 0.15) is 6.54 Å². The zero-order chi connectivity index (χ0) is 10.9. The van der Waals surface area contributed by atoms with Crippen LogP contribution in [0.5, 0.6) is 0 Å². The summed E-state index contributed by atoms with van der Waals surface area (Å²) in [5.41, 5.74) is 1.28. The Hall–Kier alpha value is -0.570. The molecule has 0 fully saturated rings. The summed E-state index contributed by atoms with van der Waals surface area (Å²) < 4.78 is 5.26. The van der Waals surface area contributed by atoms with Gasteiger partial charge in [-0.1, -0.05) is 23.7 Å². The molecule has 0 saturated carbocycles. The van der Waals surface area contributed by atoms with E-state index in [9.17, 15) is 0 Å². The van der Waals surface area contributed by atoms with E-state index in [4.69, 9.17) is 16.3 Å². The number of quaternary nitrogens is 1. The van der Waals surface area contributed by atoms with Gasteiger partial charge in [-0.05, 0) is 19.1 Å². The van der Waals surface area contributed by atoms with Crippen molar-refractivity contribution in [1.29, 1.82) is 0 Å². The van der Waals surface area contributed by atoms with Crippen LogP contribution in [0.2, 0.25) is 5.02 Å². The topological polar surface area (TPSA) is 25.8 Å². The average molecular weight is 229 g/mol. The fraction of sp³-hybridized carbons (Fsp3) is 0.500. The second-order valence-electron chi connectivity index (χ2n) is 3.46. The highest BCUT2D eigenvalue weighted by Crippen LogP contribution is 2.09. The molecule has 0 bridgehead atoms. The highest BCUT2D eigenvalue weighted by molar-refractivity contribution is 6.30. The second-order valence-corrected chi connectivity index (χ2v) is 3.90. The highest BCUT2D eigenvalue weighted by atomic mass is 35.5. The maximum Gasteiger partial charge on any atom is 0.101 e. The summed E-state index contributed by atoms with van der Waals surface area (Å²) in [6.07, 6.45) is 1.11. The van der Waals surface area contributed by atoms with E-state index in [0.717, 1.165) is 37.7 Å². The lowest BCUT2D eigenvalue weighted by Crippen LogP contribution is -2.82. The molecule has 3 heteroatoms. The highest BCUT2D eigenvalue weighted by Gasteiger charge is 1.96. The molecule has 2 nitrogen and oxygen atoms in total. The number of rotatable bonds is 7. The molecule has 0 unspecified atom stereocenters. The molecule has 0 spiro atoms. The minimum absolute atomic E-state index is 0.814. The molecular weight excluding hydrogens is 210 g/mol. The van der Waals surface area contributed by atoms with E-state index in [-0.39, 0.29) is 0 Å². The zero-order valence-electron chi connectivity index (χ0n) is 9.21. The van der Waals surface area contributed by atoms with Crippen molar-refractivity contribution in [3.8, 4) is 0 Å². The van der Waals surface area contributed by atoms with Crippen LogP contribution >= 0.6 is 11.6 Å². The number of nitrogens with two attached hydrogens (primary N) is 1. The van der Waals surface area contributed by atoms with Crippen LogP contribution in [0.25, 0.3) is 0 Å². The van der Waals surface area contributed by atoms with Crippen molar-refractivity contribution in [3.05, 3.63) is 34.9 Å². The molecule has 0 heterocycles. The van der Waals surface area contributed by atoms with E-state index >= 15 is 0 Å². The van der Waals surface area contributed by atoms with Gasteiger partial charge >= 0.3 is 0 Å². The molecule has 0 saturated heterocycles. The van der Waals surface area contributed by atoms with Crippen molar-refractivity contribution in [2.75, 3.05) is 19.8 Å². The first kappa shape index (κ1) is 12.5. The van der Waals surface area contributed by atoms with Crippen molar-refractivity contribution >= 4 is 11.6 Å². The number of ether oxygens (including phenoxy) is 1. The normalized spacial score (nSPS) is 10.5. The smallest absolute Gasteiger partial charge is 0.101 e. The van der Waals surface area contributed by atoms with Crippen molar-refractivity contribution in [3.63, 3.8) is 0 Å². The van der Waals surface area contributed by atoms with Gasteiger partial charge in [0.2, 0.25) is 0 Å². The Balaban J connectivity index is 2.10. The largest absolute Gasteiger partial charge is 0.382 e. The SMILES string of the molecule is CCOCCC[NH2+]Cc1cccc(Cl)c1. The lowest BCUT2D eigenvalue weighted by Gasteiger charge is -2.02. The van der Waals surface area contributed by atoms with Gasteiger partial charge in [-0.2, -0.15) is 0 Å². The van der Waals surface area contributed by atoms with Crippen LogP contribution in [-0.4, -0.2) is 19.8 Å². The lowest BCUT2D eigenvalue weighted by molar-refractivity contribution is -0.671. The Morgan fingerprint density at radius 1 is 1.40 bits per heavy atom. The quantitative estimate of drug-likeness (QED) is 0.708. The van der Waals surface area contributed by atoms with Crippen molar-refractivity contribution in [2.24, 2.45) is 0 Å². The van der Waals surface area contributed by atoms with E-state index in [1.165, 1.54) is 5.56 Å². The summed E-state index contributed by atoms with van der Waals surface area (Å²) in [6, 6.07) is 8.01. The predicted octanol–water partition coefficient (Wildman–Crippen LogP) is 1.83. The molecule has 1 aromatic rings. The van der Waals surface area contributed by atoms with Crippen LogP contribution in [0, 0.1) is 0 Å². The van der Waals surface area contributed by atoms with Crippen molar-refractivity contribution < 1.29 is 10.1 Å². The fourth-order valence-corrected chi connectivity index (χ4v) is 1.62. The Morgan fingerprint density at radius 3 is 3.00 bits per heavy atom. The van der Waals surface area contributed by atoms with Gasteiger partial charge in [0.15, 0.2) is 0 Å². The first-order chi connectivity index (χ1) is 7.33. The Labute approximate surface area is 96.6 Å². The summed E-state index contributed by atoms with van der Waals surface area (Å²) in [4.78, 5) is 0. The fourth-order valence-electron chi connectivity index (χ4n) is 1.41. The molecule has 1 rings (SSSR count). The second kappa shape index (κ2) is 7.69. The molecule has 0 atom stereocenters. The summed E-state index contributed by atoms with van der Waals surface area (Å²) in [5, 5.41) is 3.10. The molecule has 0 aromatic heterocycles. The molecule has 15 heavy (non-hydrogen) atoms. The third-order valence-electron chi connectivity index (χ3n) is 2.17. The Kier molecular flexibility index (Phi) is 6.41. The average Bonchev–Trinajstić information content (AvgIpc) is 2.23. The molecule has 0 radical (unpaired) electrons. The number of hydrogen-bond acceptors (Lipinski definition) is 1. The number of halogens is 1. The number of hydrogen-bond donors (Lipinski definition) is 1. The summed E-state index contributed by atoms with van der Waals surface area (Å²) in [6.45, 7) is 5.80. The minimum atomic E-state index is 0.814. The first-order valence-electron chi connectivity index (χ1n) is 5.46. The summed E-state index contributed by atoms with van der Waals surface area (Å²) >= 11 is 5.89. The summed E-state index contributed by atoms with van der Waals surface area (Å²) in [5.74, 6) is 0. The molecule has 1 aromatic carbocycles.